The molecule has 0 aliphatic rings. The second-order valence-electron chi connectivity index (χ2n) is 9.93. The summed E-state index contributed by atoms with van der Waals surface area (Å²) in [5.74, 6) is 0. The third-order valence-electron chi connectivity index (χ3n) is 7.47. The Kier molecular flexibility index (Phi) is 5.32. The van der Waals surface area contributed by atoms with Crippen LogP contribution in [0.25, 0.3) is 53.2 Å². The maximum atomic E-state index is 6.04. The predicted octanol–water partition coefficient (Wildman–Crippen LogP) is 11.1. The Bertz CT molecular complexity index is 2190. The minimum Gasteiger partial charge on any atom is -0.456 e. The van der Waals surface area contributed by atoms with Gasteiger partial charge in [0.15, 0.2) is 0 Å². The molecule has 0 amide bonds. The minimum atomic E-state index is 0.894. The fraction of sp³-hybridized carbons (Fsp3) is 0. The van der Waals surface area contributed by atoms with Gasteiger partial charge in [0.25, 0.3) is 0 Å². The summed E-state index contributed by atoms with van der Waals surface area (Å²) in [5, 5.41) is 12.3. The molecule has 190 valence electrons. The van der Waals surface area contributed by atoms with E-state index < -0.39 is 0 Å². The van der Waals surface area contributed by atoms with Gasteiger partial charge in [0.05, 0.1) is 10.4 Å². The van der Waals surface area contributed by atoms with Crippen LogP contribution in [0.15, 0.2) is 138 Å². The van der Waals surface area contributed by atoms with Crippen molar-refractivity contribution in [2.24, 2.45) is 0 Å². The lowest BCUT2D eigenvalue weighted by Crippen LogP contribution is -1.97. The second-order valence-corrected chi connectivity index (χ2v) is 11.0. The smallest absolute Gasteiger partial charge is 0.135 e. The molecular formula is C36H24N2OS. The maximum Gasteiger partial charge on any atom is 0.135 e. The van der Waals surface area contributed by atoms with Gasteiger partial charge >= 0.3 is 0 Å². The summed E-state index contributed by atoms with van der Waals surface area (Å²) in [7, 11) is 0. The number of hydrogen-bond donors (Lipinski definition) is 2. The molecule has 0 aliphatic carbocycles. The van der Waals surface area contributed by atoms with E-state index in [0.29, 0.717) is 0 Å². The van der Waals surface area contributed by atoms with Gasteiger partial charge in [0.1, 0.15) is 11.2 Å². The molecule has 2 N–H and O–H groups in total. The van der Waals surface area contributed by atoms with Gasteiger partial charge in [-0.1, -0.05) is 84.9 Å². The van der Waals surface area contributed by atoms with Crippen LogP contribution in [0.4, 0.5) is 22.7 Å². The van der Waals surface area contributed by atoms with Crippen LogP contribution in [0.2, 0.25) is 0 Å². The van der Waals surface area contributed by atoms with Crippen molar-refractivity contribution >= 4 is 76.2 Å². The van der Waals surface area contributed by atoms with Crippen molar-refractivity contribution in [1.82, 2.24) is 0 Å². The summed E-state index contributed by atoms with van der Waals surface area (Å²) >= 11 is 1.83. The zero-order valence-electron chi connectivity index (χ0n) is 21.5. The number of hydrogen-bond acceptors (Lipinski definition) is 4. The van der Waals surface area contributed by atoms with Crippen LogP contribution in [-0.4, -0.2) is 0 Å². The van der Waals surface area contributed by atoms with Gasteiger partial charge in [-0.15, -0.1) is 11.3 Å². The Morgan fingerprint density at radius 3 is 1.93 bits per heavy atom. The molecule has 2 aromatic heterocycles. The van der Waals surface area contributed by atoms with Crippen molar-refractivity contribution in [3.63, 3.8) is 0 Å². The second kappa shape index (κ2) is 9.30. The zero-order chi connectivity index (χ0) is 26.5. The van der Waals surface area contributed by atoms with E-state index in [0.717, 1.165) is 55.8 Å². The normalized spacial score (nSPS) is 11.5. The quantitative estimate of drug-likeness (QED) is 0.231. The SMILES string of the molecule is c1ccc(-c2ccccc2Nc2cccc3c2sc2ccccc23)c(Nc2ccc3oc4ccccc4c3c2)c1. The monoisotopic (exact) mass is 532 g/mol. The highest BCUT2D eigenvalue weighted by atomic mass is 32.1. The molecule has 8 rings (SSSR count). The number of furan rings is 1. The first-order chi connectivity index (χ1) is 19.8. The fourth-order valence-corrected chi connectivity index (χ4v) is 6.78. The summed E-state index contributed by atoms with van der Waals surface area (Å²) in [4.78, 5) is 0. The van der Waals surface area contributed by atoms with Gasteiger partial charge in [0.2, 0.25) is 0 Å². The van der Waals surface area contributed by atoms with E-state index in [1.54, 1.807) is 0 Å². The molecule has 40 heavy (non-hydrogen) atoms. The number of rotatable bonds is 5. The summed E-state index contributed by atoms with van der Waals surface area (Å²) in [6, 6.07) is 46.6. The van der Waals surface area contributed by atoms with Gasteiger partial charge in [-0.05, 0) is 48.5 Å². The Morgan fingerprint density at radius 2 is 1.07 bits per heavy atom. The van der Waals surface area contributed by atoms with Crippen molar-refractivity contribution < 1.29 is 4.42 Å². The molecule has 0 radical (unpaired) electrons. The van der Waals surface area contributed by atoms with Crippen molar-refractivity contribution in [3.8, 4) is 11.1 Å². The lowest BCUT2D eigenvalue weighted by Gasteiger charge is -2.17. The summed E-state index contributed by atoms with van der Waals surface area (Å²) in [6.07, 6.45) is 0. The Balaban J connectivity index is 1.19. The van der Waals surface area contributed by atoms with Crippen LogP contribution in [0.5, 0.6) is 0 Å². The van der Waals surface area contributed by atoms with E-state index in [4.69, 9.17) is 4.42 Å². The molecule has 3 nitrogen and oxygen atoms in total. The zero-order valence-corrected chi connectivity index (χ0v) is 22.3. The van der Waals surface area contributed by atoms with Crippen LogP contribution in [0, 0.1) is 0 Å². The van der Waals surface area contributed by atoms with Gasteiger partial charge < -0.3 is 15.1 Å². The number of benzene rings is 6. The van der Waals surface area contributed by atoms with Crippen molar-refractivity contribution in [2.45, 2.75) is 0 Å². The highest BCUT2D eigenvalue weighted by Crippen LogP contribution is 2.42. The van der Waals surface area contributed by atoms with Crippen molar-refractivity contribution in [1.29, 1.82) is 0 Å². The molecule has 0 aliphatic heterocycles. The van der Waals surface area contributed by atoms with Gasteiger partial charge in [-0.3, -0.25) is 0 Å². The van der Waals surface area contributed by atoms with E-state index in [9.17, 15) is 0 Å². The first kappa shape index (κ1) is 22.9. The topological polar surface area (TPSA) is 37.2 Å². The van der Waals surface area contributed by atoms with Gasteiger partial charge in [-0.25, -0.2) is 0 Å². The highest BCUT2D eigenvalue weighted by molar-refractivity contribution is 7.26. The summed E-state index contributed by atoms with van der Waals surface area (Å²) in [6.45, 7) is 0. The van der Waals surface area contributed by atoms with Gasteiger partial charge in [-0.2, -0.15) is 0 Å². The number of nitrogens with one attached hydrogen (secondary N) is 2. The highest BCUT2D eigenvalue weighted by Gasteiger charge is 2.14. The molecule has 8 aromatic rings. The van der Waals surface area contributed by atoms with E-state index in [-0.39, 0.29) is 0 Å². The molecule has 0 fully saturated rings. The first-order valence-electron chi connectivity index (χ1n) is 13.4. The lowest BCUT2D eigenvalue weighted by atomic mass is 10.0. The van der Waals surface area contributed by atoms with Crippen molar-refractivity contribution in [3.05, 3.63) is 133 Å². The average molecular weight is 533 g/mol. The number of fused-ring (bicyclic) bond motifs is 6. The first-order valence-corrected chi connectivity index (χ1v) is 14.2. The van der Waals surface area contributed by atoms with Gasteiger partial charge in [0, 0.05) is 54.4 Å². The Morgan fingerprint density at radius 1 is 0.450 bits per heavy atom. The average Bonchev–Trinajstić information content (AvgIpc) is 3.57. The minimum absolute atomic E-state index is 0.894. The Labute approximate surface area is 235 Å². The lowest BCUT2D eigenvalue weighted by molar-refractivity contribution is 0.669. The molecule has 0 atom stereocenters. The van der Waals surface area contributed by atoms with E-state index in [1.165, 1.54) is 20.2 Å². The number of thiophene rings is 1. The molecular weight excluding hydrogens is 508 g/mol. The predicted molar refractivity (Wildman–Crippen MR) is 171 cm³/mol. The fourth-order valence-electron chi connectivity index (χ4n) is 5.60. The largest absolute Gasteiger partial charge is 0.456 e. The summed E-state index contributed by atoms with van der Waals surface area (Å²) in [5.41, 5.74) is 8.32. The van der Waals surface area contributed by atoms with Crippen molar-refractivity contribution in [2.75, 3.05) is 10.6 Å². The molecule has 0 unspecified atom stereocenters. The number of para-hydroxylation sites is 3. The van der Waals surface area contributed by atoms with E-state index in [1.807, 2.05) is 29.5 Å². The molecule has 0 spiro atoms. The Hall–Kier alpha value is -5.06. The standard InChI is InChI=1S/C36H24N2OS/c1-5-15-30(37-23-20-21-34-29(22-23)26-12-3-7-18-33(26)39-34)24(10-1)25-11-2-6-16-31(25)38-32-17-9-14-28-27-13-4-8-19-35(27)40-36(28)32/h1-22,37-38H. The summed E-state index contributed by atoms with van der Waals surface area (Å²) < 4.78 is 8.61. The molecule has 6 aromatic carbocycles. The molecule has 0 bridgehead atoms. The van der Waals surface area contributed by atoms with Crippen LogP contribution < -0.4 is 10.6 Å². The molecule has 0 saturated heterocycles. The van der Waals surface area contributed by atoms with Crippen LogP contribution in [-0.2, 0) is 0 Å². The van der Waals surface area contributed by atoms with E-state index >= 15 is 0 Å². The van der Waals surface area contributed by atoms with E-state index in [2.05, 4.69) is 126 Å². The molecule has 4 heteroatoms. The third-order valence-corrected chi connectivity index (χ3v) is 8.69. The molecule has 0 saturated carbocycles. The van der Waals surface area contributed by atoms with Crippen LogP contribution in [0.3, 0.4) is 0 Å². The molecule has 2 heterocycles. The van der Waals surface area contributed by atoms with Crippen LogP contribution in [0.1, 0.15) is 0 Å². The third kappa shape index (κ3) is 3.81. The van der Waals surface area contributed by atoms with Crippen LogP contribution >= 0.6 is 11.3 Å². The maximum absolute atomic E-state index is 6.04. The number of anilines is 4.